The number of para-hydroxylation sites is 1. The molecule has 0 aliphatic carbocycles. The van der Waals surface area contributed by atoms with E-state index in [0.29, 0.717) is 12.5 Å². The first-order chi connectivity index (χ1) is 13.1. The van der Waals surface area contributed by atoms with Gasteiger partial charge < -0.3 is 25.0 Å². The number of likely N-dealkylation sites (tertiary alicyclic amines) is 1. The molecule has 0 amide bonds. The number of hydrogen-bond acceptors (Lipinski definition) is 4. The molecule has 1 aliphatic heterocycles. The van der Waals surface area contributed by atoms with Gasteiger partial charge in [-0.1, -0.05) is 12.1 Å². The SMILES string of the molecule is CN=C(NCC1CCN(CCOC)CC1)NCC(C)Oc1ccccc1F. The molecule has 1 aromatic carbocycles. The summed E-state index contributed by atoms with van der Waals surface area (Å²) in [5.41, 5.74) is 0. The number of nitrogens with one attached hydrogen (secondary N) is 2. The van der Waals surface area contributed by atoms with Crippen molar-refractivity contribution in [1.82, 2.24) is 15.5 Å². The summed E-state index contributed by atoms with van der Waals surface area (Å²) in [4.78, 5) is 6.72. The predicted molar refractivity (Wildman–Crippen MR) is 107 cm³/mol. The van der Waals surface area contributed by atoms with Gasteiger partial charge in [0.05, 0.1) is 13.2 Å². The Bertz CT molecular complexity index is 577. The van der Waals surface area contributed by atoms with Crippen molar-refractivity contribution in [3.05, 3.63) is 30.1 Å². The van der Waals surface area contributed by atoms with Gasteiger partial charge in [0.2, 0.25) is 0 Å². The monoisotopic (exact) mass is 380 g/mol. The van der Waals surface area contributed by atoms with Crippen LogP contribution in [0.3, 0.4) is 0 Å². The Morgan fingerprint density at radius 2 is 2.04 bits per heavy atom. The van der Waals surface area contributed by atoms with Gasteiger partial charge in [0.15, 0.2) is 17.5 Å². The molecule has 0 bridgehead atoms. The summed E-state index contributed by atoms with van der Waals surface area (Å²) in [6.07, 6.45) is 2.19. The van der Waals surface area contributed by atoms with E-state index in [-0.39, 0.29) is 17.7 Å². The van der Waals surface area contributed by atoms with E-state index in [1.807, 2.05) is 6.92 Å². The molecule has 1 saturated heterocycles. The smallest absolute Gasteiger partial charge is 0.191 e. The zero-order chi connectivity index (χ0) is 19.5. The van der Waals surface area contributed by atoms with E-state index in [0.717, 1.165) is 38.7 Å². The standard InChI is InChI=1S/C20H33FN4O2/c1-16(27-19-7-5-4-6-18(19)21)14-23-20(22-2)24-15-17-8-10-25(11-9-17)12-13-26-3/h4-7,16-17H,8-15H2,1-3H3,(H2,22,23,24). The Morgan fingerprint density at radius 1 is 1.30 bits per heavy atom. The van der Waals surface area contributed by atoms with Crippen LogP contribution in [0, 0.1) is 11.7 Å². The zero-order valence-corrected chi connectivity index (χ0v) is 16.7. The van der Waals surface area contributed by atoms with E-state index in [1.165, 1.54) is 18.9 Å². The summed E-state index contributed by atoms with van der Waals surface area (Å²) in [5.74, 6) is 1.33. The molecule has 0 radical (unpaired) electrons. The normalized spacial score (nSPS) is 17.6. The van der Waals surface area contributed by atoms with E-state index in [2.05, 4.69) is 20.5 Å². The molecule has 152 valence electrons. The van der Waals surface area contributed by atoms with Crippen LogP contribution >= 0.6 is 0 Å². The lowest BCUT2D eigenvalue weighted by Gasteiger charge is -2.32. The third kappa shape index (κ3) is 7.72. The molecule has 0 saturated carbocycles. The fourth-order valence-corrected chi connectivity index (χ4v) is 3.14. The average molecular weight is 381 g/mol. The Kier molecular flexibility index (Phi) is 9.35. The van der Waals surface area contributed by atoms with Crippen LogP contribution in [0.2, 0.25) is 0 Å². The summed E-state index contributed by atoms with van der Waals surface area (Å²) in [5, 5.41) is 6.64. The summed E-state index contributed by atoms with van der Waals surface area (Å²) in [7, 11) is 3.50. The number of ether oxygens (including phenoxy) is 2. The molecule has 1 atom stereocenters. The minimum atomic E-state index is -0.344. The van der Waals surface area contributed by atoms with E-state index in [1.54, 1.807) is 32.4 Å². The van der Waals surface area contributed by atoms with Crippen LogP contribution < -0.4 is 15.4 Å². The molecular weight excluding hydrogens is 347 g/mol. The largest absolute Gasteiger partial charge is 0.486 e. The second-order valence-corrected chi connectivity index (χ2v) is 6.97. The van der Waals surface area contributed by atoms with E-state index < -0.39 is 0 Å². The molecular formula is C20H33FN4O2. The molecule has 1 heterocycles. The molecule has 27 heavy (non-hydrogen) atoms. The second kappa shape index (κ2) is 11.8. The van der Waals surface area contributed by atoms with Crippen molar-refractivity contribution in [2.75, 3.05) is 53.5 Å². The van der Waals surface area contributed by atoms with Gasteiger partial charge in [-0.15, -0.1) is 0 Å². The van der Waals surface area contributed by atoms with Crippen molar-refractivity contribution >= 4 is 5.96 Å². The maximum atomic E-state index is 13.6. The average Bonchev–Trinajstić information content (AvgIpc) is 2.69. The van der Waals surface area contributed by atoms with Gasteiger partial charge in [-0.25, -0.2) is 4.39 Å². The lowest BCUT2D eigenvalue weighted by Crippen LogP contribution is -2.45. The quantitative estimate of drug-likeness (QED) is 0.508. The van der Waals surface area contributed by atoms with Crippen LogP contribution in [0.4, 0.5) is 4.39 Å². The van der Waals surface area contributed by atoms with Crippen LogP contribution in [0.25, 0.3) is 0 Å². The molecule has 2 N–H and O–H groups in total. The zero-order valence-electron chi connectivity index (χ0n) is 16.7. The lowest BCUT2D eigenvalue weighted by molar-refractivity contribution is 0.121. The number of guanidine groups is 1. The third-order valence-electron chi connectivity index (χ3n) is 4.82. The predicted octanol–water partition coefficient (Wildman–Crippen LogP) is 2.12. The maximum absolute atomic E-state index is 13.6. The van der Waals surface area contributed by atoms with Gasteiger partial charge in [-0.05, 0) is 50.9 Å². The van der Waals surface area contributed by atoms with Crippen molar-refractivity contribution in [1.29, 1.82) is 0 Å². The van der Waals surface area contributed by atoms with Crippen LogP contribution in [-0.2, 0) is 4.74 Å². The van der Waals surface area contributed by atoms with Crippen LogP contribution in [0.5, 0.6) is 5.75 Å². The highest BCUT2D eigenvalue weighted by atomic mass is 19.1. The molecule has 0 spiro atoms. The number of halogens is 1. The third-order valence-corrected chi connectivity index (χ3v) is 4.82. The molecule has 1 aromatic rings. The Hall–Kier alpha value is -1.86. The van der Waals surface area contributed by atoms with Crippen LogP contribution in [0.1, 0.15) is 19.8 Å². The number of benzene rings is 1. The molecule has 1 aliphatic rings. The summed E-state index contributed by atoms with van der Waals surface area (Å²) >= 11 is 0. The highest BCUT2D eigenvalue weighted by Gasteiger charge is 2.19. The van der Waals surface area contributed by atoms with Crippen molar-refractivity contribution in [3.63, 3.8) is 0 Å². The van der Waals surface area contributed by atoms with Crippen LogP contribution in [0.15, 0.2) is 29.3 Å². The highest BCUT2D eigenvalue weighted by molar-refractivity contribution is 5.79. The maximum Gasteiger partial charge on any atom is 0.191 e. The van der Waals surface area contributed by atoms with Crippen molar-refractivity contribution < 1.29 is 13.9 Å². The van der Waals surface area contributed by atoms with Crippen molar-refractivity contribution in [3.8, 4) is 5.75 Å². The topological polar surface area (TPSA) is 58.1 Å². The van der Waals surface area contributed by atoms with Gasteiger partial charge in [-0.2, -0.15) is 0 Å². The lowest BCUT2D eigenvalue weighted by atomic mass is 9.97. The van der Waals surface area contributed by atoms with Gasteiger partial charge in [-0.3, -0.25) is 4.99 Å². The minimum absolute atomic E-state index is 0.176. The van der Waals surface area contributed by atoms with Crippen molar-refractivity contribution in [2.24, 2.45) is 10.9 Å². The summed E-state index contributed by atoms with van der Waals surface area (Å²) in [6.45, 7) is 7.41. The molecule has 2 rings (SSSR count). The van der Waals surface area contributed by atoms with Gasteiger partial charge in [0.25, 0.3) is 0 Å². The van der Waals surface area contributed by atoms with Crippen LogP contribution in [-0.4, -0.2) is 70.5 Å². The molecule has 1 unspecified atom stereocenters. The molecule has 0 aromatic heterocycles. The fourth-order valence-electron chi connectivity index (χ4n) is 3.14. The summed E-state index contributed by atoms with van der Waals surface area (Å²) < 4.78 is 24.4. The number of piperidine rings is 1. The van der Waals surface area contributed by atoms with Gasteiger partial charge in [0, 0.05) is 27.2 Å². The molecule has 7 heteroatoms. The first-order valence-electron chi connectivity index (χ1n) is 9.69. The highest BCUT2D eigenvalue weighted by Crippen LogP contribution is 2.17. The van der Waals surface area contributed by atoms with E-state index >= 15 is 0 Å². The number of rotatable bonds is 9. The molecule has 6 nitrogen and oxygen atoms in total. The number of methoxy groups -OCH3 is 1. The van der Waals surface area contributed by atoms with E-state index in [9.17, 15) is 4.39 Å². The first kappa shape index (κ1) is 21.4. The number of hydrogen-bond donors (Lipinski definition) is 2. The molecule has 1 fully saturated rings. The fraction of sp³-hybridized carbons (Fsp3) is 0.650. The van der Waals surface area contributed by atoms with E-state index in [4.69, 9.17) is 9.47 Å². The Morgan fingerprint density at radius 3 is 2.70 bits per heavy atom. The van der Waals surface area contributed by atoms with Crippen molar-refractivity contribution in [2.45, 2.75) is 25.9 Å². The minimum Gasteiger partial charge on any atom is -0.486 e. The Balaban J connectivity index is 1.65. The second-order valence-electron chi connectivity index (χ2n) is 6.97. The number of nitrogens with zero attached hydrogens (tertiary/aromatic N) is 2. The van der Waals surface area contributed by atoms with Gasteiger partial charge in [0.1, 0.15) is 6.10 Å². The summed E-state index contributed by atoms with van der Waals surface area (Å²) in [6, 6.07) is 6.45. The Labute approximate surface area is 162 Å². The van der Waals surface area contributed by atoms with Gasteiger partial charge >= 0.3 is 0 Å². The number of aliphatic imine (C=N–C) groups is 1. The first-order valence-corrected chi connectivity index (χ1v) is 9.69.